The maximum absolute atomic E-state index is 12.8. The average Bonchev–Trinajstić information content (AvgIpc) is 3.06. The molecule has 0 spiro atoms. The lowest BCUT2D eigenvalue weighted by Gasteiger charge is -2.19. The van der Waals surface area contributed by atoms with Gasteiger partial charge in [0.05, 0.1) is 31.9 Å². The van der Waals surface area contributed by atoms with Crippen molar-refractivity contribution >= 4 is 89.0 Å². The van der Waals surface area contributed by atoms with Crippen molar-refractivity contribution < 1.29 is 24.2 Å². The highest BCUT2D eigenvalue weighted by molar-refractivity contribution is 6.53. The third-order valence-corrected chi connectivity index (χ3v) is 6.95. The second kappa shape index (κ2) is 6.31. The summed E-state index contributed by atoms with van der Waals surface area (Å²) in [6, 6.07) is 10.7. The van der Waals surface area contributed by atoms with Crippen molar-refractivity contribution in [3.8, 4) is 0 Å². The van der Waals surface area contributed by atoms with Crippen LogP contribution in [-0.4, -0.2) is 22.2 Å². The highest BCUT2D eigenvalue weighted by Crippen LogP contribution is 2.50. The monoisotopic (exact) mass is 478 g/mol. The van der Waals surface area contributed by atoms with E-state index in [0.717, 1.165) is 5.39 Å². The molecule has 1 heterocycles. The molecule has 0 amide bonds. The Morgan fingerprint density at radius 3 is 1.82 bits per heavy atom. The van der Waals surface area contributed by atoms with Crippen LogP contribution in [-0.2, 0) is 0 Å². The maximum atomic E-state index is 12.8. The molecule has 2 N–H and O–H groups in total. The minimum atomic E-state index is -1.60. The molecule has 0 aliphatic carbocycles. The summed E-state index contributed by atoms with van der Waals surface area (Å²) < 4.78 is 4.79. The summed E-state index contributed by atoms with van der Waals surface area (Å²) >= 11 is 13.0. The van der Waals surface area contributed by atoms with E-state index in [1.807, 2.05) is 12.1 Å². The molecular weight excluding hydrogens is 471 g/mol. The van der Waals surface area contributed by atoms with Crippen LogP contribution in [0.3, 0.4) is 0 Å². The fourth-order valence-electron chi connectivity index (χ4n) is 4.98. The van der Waals surface area contributed by atoms with Gasteiger partial charge in [-0.3, -0.25) is 0 Å². The molecule has 0 saturated carbocycles. The molecule has 0 unspecified atom stereocenters. The third kappa shape index (κ3) is 2.25. The molecule has 7 nitrogen and oxygen atoms in total. The van der Waals surface area contributed by atoms with Gasteiger partial charge in [-0.15, -0.1) is 0 Å². The van der Waals surface area contributed by atoms with Gasteiger partial charge in [0.2, 0.25) is 0 Å². The highest BCUT2D eigenvalue weighted by Gasteiger charge is 2.32. The Kier molecular flexibility index (Phi) is 3.77. The predicted molar refractivity (Wildman–Crippen MR) is 125 cm³/mol. The highest BCUT2D eigenvalue weighted by atomic mass is 35.5. The summed E-state index contributed by atoms with van der Waals surface area (Å²) in [6.45, 7) is 0. The topological polar surface area (TPSA) is 122 Å². The zero-order chi connectivity index (χ0) is 23.3. The van der Waals surface area contributed by atoms with Crippen molar-refractivity contribution in [2.24, 2.45) is 0 Å². The molecular formula is C24H8Cl2O7. The van der Waals surface area contributed by atoms with E-state index >= 15 is 0 Å². The van der Waals surface area contributed by atoms with Crippen molar-refractivity contribution in [1.82, 2.24) is 0 Å². The maximum Gasteiger partial charge on any atom is 0.347 e. The number of aromatic carboxylic acids is 2. The minimum Gasteiger partial charge on any atom is -0.478 e. The summed E-state index contributed by atoms with van der Waals surface area (Å²) in [5, 5.41) is 21.8. The van der Waals surface area contributed by atoms with Crippen LogP contribution in [0.5, 0.6) is 0 Å². The zero-order valence-electron chi connectivity index (χ0n) is 16.2. The zero-order valence-corrected chi connectivity index (χ0v) is 17.7. The Morgan fingerprint density at radius 1 is 0.636 bits per heavy atom. The molecule has 6 rings (SSSR count). The van der Waals surface area contributed by atoms with E-state index < -0.39 is 39.7 Å². The minimum absolute atomic E-state index is 0.0983. The van der Waals surface area contributed by atoms with Gasteiger partial charge >= 0.3 is 23.2 Å². The summed E-state index contributed by atoms with van der Waals surface area (Å²) in [6.07, 6.45) is 0. The Hall–Kier alpha value is -3.94. The van der Waals surface area contributed by atoms with E-state index in [2.05, 4.69) is 0 Å². The number of halogens is 2. The van der Waals surface area contributed by atoms with E-state index in [1.165, 1.54) is 0 Å². The Balaban J connectivity index is 2.23. The van der Waals surface area contributed by atoms with Crippen molar-refractivity contribution in [3.05, 3.63) is 78.4 Å². The van der Waals surface area contributed by atoms with Gasteiger partial charge in [0.25, 0.3) is 0 Å². The first-order chi connectivity index (χ1) is 15.7. The molecule has 9 heteroatoms. The normalized spacial score (nSPS) is 12.1. The van der Waals surface area contributed by atoms with Crippen LogP contribution in [0.15, 0.2) is 50.4 Å². The molecule has 0 aliphatic rings. The number of rotatable bonds is 2. The summed E-state index contributed by atoms with van der Waals surface area (Å²) in [5.74, 6) is -3.13. The number of carbonyl (C=O) groups is 2. The smallest absolute Gasteiger partial charge is 0.347 e. The SMILES string of the molecule is O=C(O)c1c(Cl)c(Cl)c2c3cccc4cccc(c43)c3c4c(=O)oc(=O)c4c(C(=O)O)c1c23. The number of benzene rings is 5. The van der Waals surface area contributed by atoms with Gasteiger partial charge in [-0.05, 0) is 21.5 Å². The van der Waals surface area contributed by atoms with Crippen molar-refractivity contribution in [2.45, 2.75) is 0 Å². The quantitative estimate of drug-likeness (QED) is 0.254. The number of carboxylic acids is 2. The number of carboxylic acid groups (broad SMARTS) is 2. The van der Waals surface area contributed by atoms with Gasteiger partial charge in [-0.25, -0.2) is 19.2 Å². The Morgan fingerprint density at radius 2 is 1.21 bits per heavy atom. The molecule has 6 aromatic rings. The largest absolute Gasteiger partial charge is 0.478 e. The molecule has 160 valence electrons. The fourth-order valence-corrected chi connectivity index (χ4v) is 5.54. The summed E-state index contributed by atoms with van der Waals surface area (Å²) in [7, 11) is 0. The average molecular weight is 479 g/mol. The van der Waals surface area contributed by atoms with E-state index in [4.69, 9.17) is 27.6 Å². The second-order valence-corrected chi connectivity index (χ2v) is 8.38. The fraction of sp³-hybridized carbons (Fsp3) is 0. The van der Waals surface area contributed by atoms with Crippen LogP contribution in [0.25, 0.3) is 53.9 Å². The Bertz CT molecular complexity index is 1980. The van der Waals surface area contributed by atoms with Crippen LogP contribution in [0.2, 0.25) is 10.0 Å². The molecule has 0 aliphatic heterocycles. The molecule has 5 aromatic carbocycles. The molecule has 0 radical (unpaired) electrons. The van der Waals surface area contributed by atoms with Crippen LogP contribution >= 0.6 is 23.2 Å². The molecule has 33 heavy (non-hydrogen) atoms. The van der Waals surface area contributed by atoms with Gasteiger partial charge in [0.15, 0.2) is 0 Å². The van der Waals surface area contributed by atoms with Crippen LogP contribution in [0, 0.1) is 0 Å². The van der Waals surface area contributed by atoms with Gasteiger partial charge in [-0.2, -0.15) is 0 Å². The van der Waals surface area contributed by atoms with E-state index in [-0.39, 0.29) is 31.6 Å². The number of hydrogen-bond donors (Lipinski definition) is 2. The molecule has 0 atom stereocenters. The number of fused-ring (bicyclic) bond motifs is 4. The van der Waals surface area contributed by atoms with Crippen LogP contribution < -0.4 is 11.3 Å². The Labute approximate surface area is 191 Å². The summed E-state index contributed by atoms with van der Waals surface area (Å²) in [5.41, 5.74) is -3.41. The predicted octanol–water partition coefficient (Wildman–Crippen LogP) is 5.34. The van der Waals surface area contributed by atoms with Crippen LogP contribution in [0.1, 0.15) is 20.7 Å². The molecule has 1 aromatic heterocycles. The molecule has 0 saturated heterocycles. The van der Waals surface area contributed by atoms with Crippen molar-refractivity contribution in [3.63, 3.8) is 0 Å². The van der Waals surface area contributed by atoms with Crippen molar-refractivity contribution in [2.75, 3.05) is 0 Å². The lowest BCUT2D eigenvalue weighted by Crippen LogP contribution is -2.10. The first-order valence-electron chi connectivity index (χ1n) is 9.54. The summed E-state index contributed by atoms with van der Waals surface area (Å²) in [4.78, 5) is 50.1. The van der Waals surface area contributed by atoms with Crippen molar-refractivity contribution in [1.29, 1.82) is 0 Å². The van der Waals surface area contributed by atoms with E-state index in [9.17, 15) is 29.4 Å². The van der Waals surface area contributed by atoms with Gasteiger partial charge < -0.3 is 14.6 Å². The van der Waals surface area contributed by atoms with Crippen LogP contribution in [0.4, 0.5) is 0 Å². The first kappa shape index (κ1) is 19.7. The lowest BCUT2D eigenvalue weighted by molar-refractivity contribution is 0.0696. The number of furan rings is 1. The molecule has 0 fully saturated rings. The molecule has 0 bridgehead atoms. The second-order valence-electron chi connectivity index (χ2n) is 7.62. The van der Waals surface area contributed by atoms with Gasteiger partial charge in [-0.1, -0.05) is 59.6 Å². The first-order valence-corrected chi connectivity index (χ1v) is 10.3. The number of hydrogen-bond acceptors (Lipinski definition) is 5. The van der Waals surface area contributed by atoms with Gasteiger partial charge in [0.1, 0.15) is 0 Å². The standard InChI is InChI=1S/C24H8Cl2O7/c25-19-12-9-6-2-4-7-3-1-5-8(10(7)9)11-13(12)14(18(20(19)26)22(29)30)15(21(27)28)17-16(11)23(31)33-24(17)32/h1-6H,(H,27,28)(H,29,30). The third-order valence-electron chi connectivity index (χ3n) is 6.10. The van der Waals surface area contributed by atoms with E-state index in [1.54, 1.807) is 24.3 Å². The van der Waals surface area contributed by atoms with Gasteiger partial charge in [0, 0.05) is 21.5 Å². The lowest BCUT2D eigenvalue weighted by atomic mass is 9.84. The van der Waals surface area contributed by atoms with E-state index in [0.29, 0.717) is 21.5 Å².